The fraction of sp³-hybridized carbons (Fsp3) is 0.450. The van der Waals surface area contributed by atoms with Crippen LogP contribution in [0.2, 0.25) is 0 Å². The SMILES string of the molecule is O=C(CCCOc1cccc2ccccc12)NCCN1CCNCC1. The lowest BCUT2D eigenvalue weighted by Crippen LogP contribution is -2.46. The van der Waals surface area contributed by atoms with Crippen molar-refractivity contribution in [2.75, 3.05) is 45.9 Å². The van der Waals surface area contributed by atoms with Gasteiger partial charge in [0.05, 0.1) is 6.61 Å². The second-order valence-corrected chi connectivity index (χ2v) is 6.37. The monoisotopic (exact) mass is 341 g/mol. The predicted octanol–water partition coefficient (Wildman–Crippen LogP) is 2.02. The van der Waals surface area contributed by atoms with Crippen LogP contribution in [-0.4, -0.2) is 56.7 Å². The topological polar surface area (TPSA) is 53.6 Å². The number of carbonyl (C=O) groups is 1. The lowest BCUT2D eigenvalue weighted by molar-refractivity contribution is -0.121. The average Bonchev–Trinajstić information content (AvgIpc) is 2.66. The minimum absolute atomic E-state index is 0.108. The first-order chi connectivity index (χ1) is 12.3. The summed E-state index contributed by atoms with van der Waals surface area (Å²) >= 11 is 0. The first kappa shape index (κ1) is 17.7. The molecule has 25 heavy (non-hydrogen) atoms. The van der Waals surface area contributed by atoms with Gasteiger partial charge in [-0.3, -0.25) is 9.69 Å². The highest BCUT2D eigenvalue weighted by atomic mass is 16.5. The normalized spacial score (nSPS) is 15.2. The molecule has 0 aromatic heterocycles. The van der Waals surface area contributed by atoms with Gasteiger partial charge in [-0.05, 0) is 17.9 Å². The summed E-state index contributed by atoms with van der Waals surface area (Å²) in [7, 11) is 0. The number of hydrogen-bond acceptors (Lipinski definition) is 4. The Labute approximate surface area is 149 Å². The van der Waals surface area contributed by atoms with Crippen molar-refractivity contribution < 1.29 is 9.53 Å². The summed E-state index contributed by atoms with van der Waals surface area (Å²) in [4.78, 5) is 14.3. The van der Waals surface area contributed by atoms with Crippen LogP contribution in [0.1, 0.15) is 12.8 Å². The molecule has 1 aliphatic rings. The maximum atomic E-state index is 11.9. The van der Waals surface area contributed by atoms with E-state index in [0.29, 0.717) is 13.0 Å². The third kappa shape index (κ3) is 5.44. The van der Waals surface area contributed by atoms with Crippen molar-refractivity contribution >= 4 is 16.7 Å². The molecule has 134 valence electrons. The van der Waals surface area contributed by atoms with Gasteiger partial charge in [-0.25, -0.2) is 0 Å². The number of hydrogen-bond donors (Lipinski definition) is 2. The second kappa shape index (κ2) is 9.39. The summed E-state index contributed by atoms with van der Waals surface area (Å²) in [6, 6.07) is 14.2. The van der Waals surface area contributed by atoms with Crippen molar-refractivity contribution in [3.63, 3.8) is 0 Å². The third-order valence-electron chi connectivity index (χ3n) is 4.52. The van der Waals surface area contributed by atoms with E-state index in [-0.39, 0.29) is 5.91 Å². The van der Waals surface area contributed by atoms with Crippen LogP contribution in [0.3, 0.4) is 0 Å². The summed E-state index contributed by atoms with van der Waals surface area (Å²) in [6.45, 7) is 6.42. The first-order valence-corrected chi connectivity index (χ1v) is 9.13. The third-order valence-corrected chi connectivity index (χ3v) is 4.52. The van der Waals surface area contributed by atoms with Gasteiger partial charge in [-0.1, -0.05) is 36.4 Å². The summed E-state index contributed by atoms with van der Waals surface area (Å²) in [5.74, 6) is 0.994. The summed E-state index contributed by atoms with van der Waals surface area (Å²) in [5, 5.41) is 8.62. The number of amides is 1. The second-order valence-electron chi connectivity index (χ2n) is 6.37. The van der Waals surface area contributed by atoms with Crippen molar-refractivity contribution in [1.82, 2.24) is 15.5 Å². The minimum atomic E-state index is 0.108. The van der Waals surface area contributed by atoms with E-state index in [2.05, 4.69) is 33.7 Å². The quantitative estimate of drug-likeness (QED) is 0.722. The van der Waals surface area contributed by atoms with Crippen LogP contribution in [0.4, 0.5) is 0 Å². The molecule has 0 unspecified atom stereocenters. The molecule has 2 aromatic rings. The molecule has 2 aromatic carbocycles. The highest BCUT2D eigenvalue weighted by Gasteiger charge is 2.09. The smallest absolute Gasteiger partial charge is 0.220 e. The van der Waals surface area contributed by atoms with Crippen LogP contribution < -0.4 is 15.4 Å². The number of nitrogens with zero attached hydrogens (tertiary/aromatic N) is 1. The maximum absolute atomic E-state index is 11.9. The molecule has 0 atom stereocenters. The number of rotatable bonds is 8. The van der Waals surface area contributed by atoms with Gasteiger partial charge in [0.25, 0.3) is 0 Å². The minimum Gasteiger partial charge on any atom is -0.493 e. The van der Waals surface area contributed by atoms with E-state index < -0.39 is 0 Å². The van der Waals surface area contributed by atoms with Gasteiger partial charge in [-0.15, -0.1) is 0 Å². The van der Waals surface area contributed by atoms with Gasteiger partial charge in [0.15, 0.2) is 0 Å². The molecule has 1 amide bonds. The summed E-state index contributed by atoms with van der Waals surface area (Å²) < 4.78 is 5.87. The number of nitrogens with one attached hydrogen (secondary N) is 2. The van der Waals surface area contributed by atoms with E-state index in [9.17, 15) is 4.79 Å². The predicted molar refractivity (Wildman–Crippen MR) is 101 cm³/mol. The van der Waals surface area contributed by atoms with Gasteiger partial charge in [0.2, 0.25) is 5.91 Å². The van der Waals surface area contributed by atoms with Crippen LogP contribution in [-0.2, 0) is 4.79 Å². The fourth-order valence-corrected chi connectivity index (χ4v) is 3.11. The number of carbonyl (C=O) groups excluding carboxylic acids is 1. The standard InChI is InChI=1S/C20H27N3O2/c24-20(22-12-15-23-13-10-21-11-14-23)9-4-16-25-19-8-3-6-17-5-1-2-7-18(17)19/h1-3,5-8,21H,4,9-16H2,(H,22,24). The molecule has 0 spiro atoms. The first-order valence-electron chi connectivity index (χ1n) is 9.13. The summed E-state index contributed by atoms with van der Waals surface area (Å²) in [5.41, 5.74) is 0. The van der Waals surface area contributed by atoms with E-state index >= 15 is 0 Å². The molecule has 0 radical (unpaired) electrons. The van der Waals surface area contributed by atoms with Crippen molar-refractivity contribution in [2.45, 2.75) is 12.8 Å². The molecule has 1 heterocycles. The van der Waals surface area contributed by atoms with E-state index in [1.54, 1.807) is 0 Å². The highest BCUT2D eigenvalue weighted by molar-refractivity contribution is 5.88. The van der Waals surface area contributed by atoms with Gasteiger partial charge >= 0.3 is 0 Å². The molecular formula is C20H27N3O2. The number of piperazine rings is 1. The lowest BCUT2D eigenvalue weighted by atomic mass is 10.1. The molecule has 5 nitrogen and oxygen atoms in total. The molecule has 5 heteroatoms. The van der Waals surface area contributed by atoms with E-state index in [1.807, 2.05) is 24.3 Å². The van der Waals surface area contributed by atoms with Gasteiger partial charge in [0, 0.05) is 51.1 Å². The molecule has 1 aliphatic heterocycles. The molecule has 0 aliphatic carbocycles. The van der Waals surface area contributed by atoms with Gasteiger partial charge < -0.3 is 15.4 Å². The molecule has 1 fully saturated rings. The molecule has 1 saturated heterocycles. The van der Waals surface area contributed by atoms with Crippen molar-refractivity contribution in [1.29, 1.82) is 0 Å². The average molecular weight is 341 g/mol. The van der Waals surface area contributed by atoms with Crippen LogP contribution >= 0.6 is 0 Å². The molecule has 0 saturated carbocycles. The van der Waals surface area contributed by atoms with Gasteiger partial charge in [-0.2, -0.15) is 0 Å². The number of ether oxygens (including phenoxy) is 1. The highest BCUT2D eigenvalue weighted by Crippen LogP contribution is 2.25. The van der Waals surface area contributed by atoms with E-state index in [1.165, 1.54) is 5.39 Å². The zero-order chi connectivity index (χ0) is 17.3. The zero-order valence-electron chi connectivity index (χ0n) is 14.7. The Morgan fingerprint density at radius 1 is 1.12 bits per heavy atom. The van der Waals surface area contributed by atoms with Crippen molar-refractivity contribution in [2.24, 2.45) is 0 Å². The zero-order valence-corrected chi connectivity index (χ0v) is 14.7. The van der Waals surface area contributed by atoms with E-state index in [0.717, 1.165) is 56.8 Å². The Balaban J connectivity index is 1.33. The lowest BCUT2D eigenvalue weighted by Gasteiger charge is -2.27. The Kier molecular flexibility index (Phi) is 6.65. The Morgan fingerprint density at radius 2 is 1.92 bits per heavy atom. The molecular weight excluding hydrogens is 314 g/mol. The largest absolute Gasteiger partial charge is 0.493 e. The van der Waals surface area contributed by atoms with Crippen LogP contribution in [0.25, 0.3) is 10.8 Å². The molecule has 3 rings (SSSR count). The number of fused-ring (bicyclic) bond motifs is 1. The Hall–Kier alpha value is -2.11. The van der Waals surface area contributed by atoms with Crippen molar-refractivity contribution in [3.05, 3.63) is 42.5 Å². The van der Waals surface area contributed by atoms with Crippen LogP contribution in [0.15, 0.2) is 42.5 Å². The van der Waals surface area contributed by atoms with E-state index in [4.69, 9.17) is 4.74 Å². The summed E-state index contributed by atoms with van der Waals surface area (Å²) in [6.07, 6.45) is 1.23. The Morgan fingerprint density at radius 3 is 2.80 bits per heavy atom. The van der Waals surface area contributed by atoms with Crippen molar-refractivity contribution in [3.8, 4) is 5.75 Å². The Bertz CT molecular complexity index is 678. The molecule has 0 bridgehead atoms. The maximum Gasteiger partial charge on any atom is 0.220 e. The number of benzene rings is 2. The molecule has 2 N–H and O–H groups in total. The van der Waals surface area contributed by atoms with Crippen LogP contribution in [0, 0.1) is 0 Å². The fourth-order valence-electron chi connectivity index (χ4n) is 3.11. The van der Waals surface area contributed by atoms with Gasteiger partial charge in [0.1, 0.15) is 5.75 Å². The van der Waals surface area contributed by atoms with Crippen LogP contribution in [0.5, 0.6) is 5.75 Å².